The molecule has 138 valence electrons. The number of nitrogens with zero attached hydrogens (tertiary/aromatic N) is 5. The molecule has 2 aromatic carbocycles. The number of benzene rings is 2. The summed E-state index contributed by atoms with van der Waals surface area (Å²) in [4.78, 5) is 21.2. The normalized spacial score (nSPS) is 14.7. The van der Waals surface area contributed by atoms with E-state index in [1.165, 1.54) is 23.4 Å². The summed E-state index contributed by atoms with van der Waals surface area (Å²) in [5.41, 5.74) is 2.36. The maximum absolute atomic E-state index is 14.5. The summed E-state index contributed by atoms with van der Waals surface area (Å²) in [5.74, 6) is 0.189. The van der Waals surface area contributed by atoms with Gasteiger partial charge in [0, 0.05) is 11.6 Å². The Labute approximate surface area is 163 Å². The van der Waals surface area contributed by atoms with Gasteiger partial charge in [-0.15, -0.1) is 0 Å². The lowest BCUT2D eigenvalue weighted by molar-refractivity contribution is 0.610. The van der Waals surface area contributed by atoms with Crippen molar-refractivity contribution in [1.29, 1.82) is 0 Å². The SMILES string of the molecule is O=c1c2ccc(Cl)cc2nc2n1CC/C2=C\c1ccc(-n2cncn2)c(F)c1. The van der Waals surface area contributed by atoms with Crippen molar-refractivity contribution in [1.82, 2.24) is 24.3 Å². The predicted molar refractivity (Wildman–Crippen MR) is 105 cm³/mol. The molecule has 6 nitrogen and oxygen atoms in total. The van der Waals surface area contributed by atoms with Crippen LogP contribution in [0.1, 0.15) is 17.8 Å². The van der Waals surface area contributed by atoms with Crippen LogP contribution in [0.2, 0.25) is 5.02 Å². The fraction of sp³-hybridized carbons (Fsp3) is 0.100. The minimum absolute atomic E-state index is 0.0900. The van der Waals surface area contributed by atoms with Crippen LogP contribution in [0.4, 0.5) is 4.39 Å². The van der Waals surface area contributed by atoms with Crippen molar-refractivity contribution >= 4 is 34.2 Å². The molecule has 0 saturated heterocycles. The summed E-state index contributed by atoms with van der Waals surface area (Å²) in [5, 5.41) is 5.01. The summed E-state index contributed by atoms with van der Waals surface area (Å²) in [6.45, 7) is 0.547. The molecule has 4 aromatic rings. The van der Waals surface area contributed by atoms with Gasteiger partial charge < -0.3 is 0 Å². The average molecular weight is 394 g/mol. The van der Waals surface area contributed by atoms with Gasteiger partial charge in [-0.05, 0) is 54.0 Å². The van der Waals surface area contributed by atoms with Gasteiger partial charge in [-0.3, -0.25) is 9.36 Å². The second-order valence-corrected chi connectivity index (χ2v) is 6.96. The van der Waals surface area contributed by atoms with Crippen molar-refractivity contribution in [2.24, 2.45) is 0 Å². The first-order chi connectivity index (χ1) is 13.6. The van der Waals surface area contributed by atoms with Gasteiger partial charge in [-0.25, -0.2) is 19.0 Å². The quantitative estimate of drug-likeness (QED) is 0.520. The van der Waals surface area contributed by atoms with E-state index in [9.17, 15) is 9.18 Å². The third-order valence-corrected chi connectivity index (χ3v) is 5.02. The van der Waals surface area contributed by atoms with Crippen LogP contribution in [0, 0.1) is 5.82 Å². The third-order valence-electron chi connectivity index (χ3n) is 4.79. The number of hydrogen-bond donors (Lipinski definition) is 0. The number of hydrogen-bond acceptors (Lipinski definition) is 4. The van der Waals surface area contributed by atoms with E-state index < -0.39 is 5.82 Å². The molecule has 0 spiro atoms. The maximum atomic E-state index is 14.5. The topological polar surface area (TPSA) is 65.6 Å². The van der Waals surface area contributed by atoms with Crippen LogP contribution in [0.15, 0.2) is 53.8 Å². The summed E-state index contributed by atoms with van der Waals surface area (Å²) < 4.78 is 17.5. The highest BCUT2D eigenvalue weighted by Crippen LogP contribution is 2.28. The van der Waals surface area contributed by atoms with Gasteiger partial charge >= 0.3 is 0 Å². The highest BCUT2D eigenvalue weighted by Gasteiger charge is 2.21. The van der Waals surface area contributed by atoms with Crippen LogP contribution in [0.5, 0.6) is 0 Å². The standard InChI is InChI=1S/C20H13ClFN5O/c21-14-2-3-15-17(9-14)25-19-13(5-6-26(19)20(15)28)7-12-1-4-18(16(22)8-12)27-11-23-10-24-27/h1-4,7-11H,5-6H2/b13-7+. The summed E-state index contributed by atoms with van der Waals surface area (Å²) >= 11 is 6.05. The molecule has 0 aliphatic carbocycles. The van der Waals surface area contributed by atoms with E-state index >= 15 is 0 Å². The lowest BCUT2D eigenvalue weighted by Crippen LogP contribution is -2.20. The molecule has 2 aromatic heterocycles. The van der Waals surface area contributed by atoms with E-state index in [2.05, 4.69) is 15.1 Å². The Hall–Kier alpha value is -3.32. The van der Waals surface area contributed by atoms with Crippen molar-refractivity contribution in [2.75, 3.05) is 0 Å². The lowest BCUT2D eigenvalue weighted by Gasteiger charge is -2.06. The van der Waals surface area contributed by atoms with Gasteiger partial charge in [0.05, 0.1) is 10.9 Å². The van der Waals surface area contributed by atoms with Gasteiger partial charge in [0.2, 0.25) is 0 Å². The predicted octanol–water partition coefficient (Wildman–Crippen LogP) is 3.71. The van der Waals surface area contributed by atoms with Crippen LogP contribution in [-0.2, 0) is 6.54 Å². The highest BCUT2D eigenvalue weighted by molar-refractivity contribution is 6.31. The Kier molecular flexibility index (Phi) is 3.84. The second-order valence-electron chi connectivity index (χ2n) is 6.52. The van der Waals surface area contributed by atoms with Gasteiger partial charge in [-0.1, -0.05) is 17.7 Å². The van der Waals surface area contributed by atoms with Crippen molar-refractivity contribution in [2.45, 2.75) is 13.0 Å². The monoisotopic (exact) mass is 393 g/mol. The summed E-state index contributed by atoms with van der Waals surface area (Å²) in [7, 11) is 0. The molecule has 0 fully saturated rings. The van der Waals surface area contributed by atoms with Gasteiger partial charge in [0.15, 0.2) is 0 Å². The molecule has 1 aliphatic heterocycles. The van der Waals surface area contributed by atoms with Crippen molar-refractivity contribution in [3.05, 3.63) is 81.6 Å². The Morgan fingerprint density at radius 3 is 2.86 bits per heavy atom. The minimum Gasteiger partial charge on any atom is -0.292 e. The Morgan fingerprint density at radius 1 is 1.18 bits per heavy atom. The van der Waals surface area contributed by atoms with Crippen molar-refractivity contribution in [3.8, 4) is 5.69 Å². The van der Waals surface area contributed by atoms with Crippen molar-refractivity contribution < 1.29 is 4.39 Å². The largest absolute Gasteiger partial charge is 0.292 e. The first-order valence-corrected chi connectivity index (χ1v) is 9.03. The van der Waals surface area contributed by atoms with E-state index in [0.717, 1.165) is 5.57 Å². The average Bonchev–Trinajstić information content (AvgIpc) is 3.33. The van der Waals surface area contributed by atoms with Crippen LogP contribution in [0.25, 0.3) is 28.2 Å². The first-order valence-electron chi connectivity index (χ1n) is 8.66. The molecule has 0 bridgehead atoms. The molecule has 3 heterocycles. The molecule has 0 unspecified atom stereocenters. The van der Waals surface area contributed by atoms with E-state index in [4.69, 9.17) is 11.6 Å². The van der Waals surface area contributed by atoms with E-state index in [0.29, 0.717) is 46.0 Å². The van der Waals surface area contributed by atoms with Gasteiger partial charge in [-0.2, -0.15) is 5.10 Å². The summed E-state index contributed by atoms with van der Waals surface area (Å²) in [6, 6.07) is 9.94. The van der Waals surface area contributed by atoms with Crippen LogP contribution in [0.3, 0.4) is 0 Å². The van der Waals surface area contributed by atoms with Crippen molar-refractivity contribution in [3.63, 3.8) is 0 Å². The molecule has 0 amide bonds. The smallest absolute Gasteiger partial charge is 0.261 e. The van der Waals surface area contributed by atoms with E-state index in [-0.39, 0.29) is 5.56 Å². The second kappa shape index (κ2) is 6.38. The maximum Gasteiger partial charge on any atom is 0.261 e. The van der Waals surface area contributed by atoms with Crippen LogP contribution in [-0.4, -0.2) is 24.3 Å². The number of halogens is 2. The third kappa shape index (κ3) is 2.71. The molecular formula is C20H13ClFN5O. The molecule has 0 saturated carbocycles. The first kappa shape index (κ1) is 16.8. The molecule has 0 radical (unpaired) electrons. The zero-order chi connectivity index (χ0) is 19.3. The molecule has 8 heteroatoms. The zero-order valence-corrected chi connectivity index (χ0v) is 15.3. The number of aromatic nitrogens is 5. The van der Waals surface area contributed by atoms with Gasteiger partial charge in [0.25, 0.3) is 5.56 Å². The minimum atomic E-state index is -0.409. The molecular weight excluding hydrogens is 381 g/mol. The van der Waals surface area contributed by atoms with E-state index in [1.54, 1.807) is 34.9 Å². The van der Waals surface area contributed by atoms with Crippen LogP contribution >= 0.6 is 11.6 Å². The zero-order valence-electron chi connectivity index (χ0n) is 14.5. The fourth-order valence-corrected chi connectivity index (χ4v) is 3.63. The molecule has 0 N–H and O–H groups in total. The Balaban J connectivity index is 1.59. The highest BCUT2D eigenvalue weighted by atomic mass is 35.5. The fourth-order valence-electron chi connectivity index (χ4n) is 3.46. The lowest BCUT2D eigenvalue weighted by atomic mass is 10.1. The number of rotatable bonds is 2. The van der Waals surface area contributed by atoms with Crippen LogP contribution < -0.4 is 5.56 Å². The number of allylic oxidation sites excluding steroid dienone is 1. The molecule has 5 rings (SSSR count). The Morgan fingerprint density at radius 2 is 2.07 bits per heavy atom. The van der Waals surface area contributed by atoms with Gasteiger partial charge in [0.1, 0.15) is 30.0 Å². The molecule has 28 heavy (non-hydrogen) atoms. The summed E-state index contributed by atoms with van der Waals surface area (Å²) in [6.07, 6.45) is 5.30. The Bertz CT molecular complexity index is 1310. The van der Waals surface area contributed by atoms with E-state index in [1.807, 2.05) is 6.08 Å². The molecule has 1 aliphatic rings. The number of fused-ring (bicyclic) bond motifs is 2. The molecule has 0 atom stereocenters.